The first-order chi connectivity index (χ1) is 11.4. The molecule has 0 atom stereocenters. The topological polar surface area (TPSA) is 158 Å². The molecular weight excluding hydrogens is 390 g/mol. The van der Waals surface area contributed by atoms with Gasteiger partial charge in [0, 0.05) is 17.5 Å². The van der Waals surface area contributed by atoms with Gasteiger partial charge in [-0.15, -0.1) is 0 Å². The summed E-state index contributed by atoms with van der Waals surface area (Å²) in [6.45, 7) is 0. The predicted octanol–water partition coefficient (Wildman–Crippen LogP) is 0.239. The maximum Gasteiger partial charge on any atom is 0.298 e. The molecule has 1 aliphatic rings. The van der Waals surface area contributed by atoms with Crippen LogP contribution in [0, 0.1) is 0 Å². The van der Waals surface area contributed by atoms with Crippen molar-refractivity contribution in [2.24, 2.45) is 4.99 Å². The SMILES string of the molecule is COc1cc(S(=O)(=O)O)c(N=C2C=C(F)NN(F)N2)cc1S(=O)(=O)O. The normalized spacial score (nSPS) is 17.6. The molecule has 1 aromatic carbocycles. The molecule has 0 spiro atoms. The van der Waals surface area contributed by atoms with Crippen molar-refractivity contribution >= 4 is 31.8 Å². The number of methoxy groups -OCH3 is 1. The number of rotatable bonds is 4. The number of nitrogens with one attached hydrogen (secondary N) is 2. The molecule has 138 valence electrons. The van der Waals surface area contributed by atoms with E-state index in [1.165, 1.54) is 5.43 Å². The van der Waals surface area contributed by atoms with Crippen molar-refractivity contribution in [3.8, 4) is 5.75 Å². The monoisotopic (exact) mass is 400 g/mol. The van der Waals surface area contributed by atoms with Crippen LogP contribution in [0.5, 0.6) is 5.75 Å². The van der Waals surface area contributed by atoms with Gasteiger partial charge < -0.3 is 4.74 Å². The Bertz CT molecular complexity index is 975. The van der Waals surface area contributed by atoms with Crippen molar-refractivity contribution in [2.75, 3.05) is 7.11 Å². The molecule has 0 radical (unpaired) electrons. The van der Waals surface area contributed by atoms with Gasteiger partial charge in [-0.2, -0.15) is 21.2 Å². The highest BCUT2D eigenvalue weighted by Gasteiger charge is 2.25. The van der Waals surface area contributed by atoms with Crippen molar-refractivity contribution in [1.82, 2.24) is 16.2 Å². The van der Waals surface area contributed by atoms with Crippen LogP contribution in [0.25, 0.3) is 0 Å². The van der Waals surface area contributed by atoms with Crippen LogP contribution in [0.2, 0.25) is 0 Å². The molecule has 25 heavy (non-hydrogen) atoms. The predicted molar refractivity (Wildman–Crippen MR) is 78.1 cm³/mol. The van der Waals surface area contributed by atoms with Gasteiger partial charge in [-0.3, -0.25) is 14.5 Å². The van der Waals surface area contributed by atoms with Crippen molar-refractivity contribution in [3.63, 3.8) is 0 Å². The first-order valence-electron chi connectivity index (χ1n) is 6.04. The lowest BCUT2D eigenvalue weighted by molar-refractivity contribution is -0.0612. The Labute approximate surface area is 140 Å². The summed E-state index contributed by atoms with van der Waals surface area (Å²) in [5.41, 5.74) is 2.63. The lowest BCUT2D eigenvalue weighted by atomic mass is 10.3. The minimum Gasteiger partial charge on any atom is -0.495 e. The summed E-state index contributed by atoms with van der Waals surface area (Å²) in [6, 6.07) is 1.12. The molecule has 0 unspecified atom stereocenters. The smallest absolute Gasteiger partial charge is 0.298 e. The Morgan fingerprint density at radius 3 is 2.20 bits per heavy atom. The quantitative estimate of drug-likeness (QED) is 0.313. The lowest BCUT2D eigenvalue weighted by Gasteiger charge is -2.19. The Morgan fingerprint density at radius 1 is 1.12 bits per heavy atom. The van der Waals surface area contributed by atoms with Crippen LogP contribution >= 0.6 is 0 Å². The summed E-state index contributed by atoms with van der Waals surface area (Å²) < 4.78 is 94.9. The van der Waals surface area contributed by atoms with Gasteiger partial charge in [0.05, 0.1) is 12.8 Å². The fourth-order valence-corrected chi connectivity index (χ4v) is 3.06. The Balaban J connectivity index is 2.77. The van der Waals surface area contributed by atoms with E-state index < -0.39 is 58.6 Å². The first-order valence-corrected chi connectivity index (χ1v) is 8.92. The van der Waals surface area contributed by atoms with Gasteiger partial charge in [-0.05, 0) is 6.07 Å². The van der Waals surface area contributed by atoms with E-state index in [2.05, 4.69) is 9.73 Å². The Kier molecular flexibility index (Phi) is 4.96. The van der Waals surface area contributed by atoms with Crippen molar-refractivity contribution in [1.29, 1.82) is 0 Å². The van der Waals surface area contributed by atoms with Gasteiger partial charge in [0.1, 0.15) is 21.4 Å². The molecule has 0 bridgehead atoms. The Hall–Kier alpha value is -2.33. The number of aliphatic imine (C=N–C) groups is 1. The minimum atomic E-state index is -4.93. The first kappa shape index (κ1) is 19.0. The highest BCUT2D eigenvalue weighted by Crippen LogP contribution is 2.35. The van der Waals surface area contributed by atoms with E-state index in [1.54, 1.807) is 0 Å². The van der Waals surface area contributed by atoms with Gasteiger partial charge in [0.25, 0.3) is 20.2 Å². The minimum absolute atomic E-state index is 0.450. The second kappa shape index (κ2) is 6.52. The lowest BCUT2D eigenvalue weighted by Crippen LogP contribution is -2.47. The molecule has 0 aliphatic carbocycles. The van der Waals surface area contributed by atoms with E-state index in [4.69, 9.17) is 0 Å². The number of halogens is 2. The van der Waals surface area contributed by atoms with Crippen molar-refractivity contribution in [2.45, 2.75) is 9.79 Å². The van der Waals surface area contributed by atoms with Crippen LogP contribution in [-0.2, 0) is 20.2 Å². The molecule has 1 heterocycles. The molecular formula is C10H10F2N4O7S2. The van der Waals surface area contributed by atoms with E-state index in [0.29, 0.717) is 18.2 Å². The van der Waals surface area contributed by atoms with Gasteiger partial charge in [0.15, 0.2) is 0 Å². The maximum atomic E-state index is 13.1. The second-order valence-corrected chi connectivity index (χ2v) is 7.19. The Morgan fingerprint density at radius 2 is 1.72 bits per heavy atom. The molecule has 11 nitrogen and oxygen atoms in total. The number of hydrogen-bond donors (Lipinski definition) is 4. The van der Waals surface area contributed by atoms with Gasteiger partial charge in [-0.1, -0.05) is 4.48 Å². The zero-order valence-corrected chi connectivity index (χ0v) is 13.8. The van der Waals surface area contributed by atoms with E-state index in [1.807, 2.05) is 5.43 Å². The average molecular weight is 400 g/mol. The van der Waals surface area contributed by atoms with Gasteiger partial charge in [0.2, 0.25) is 5.95 Å². The van der Waals surface area contributed by atoms with Crippen LogP contribution in [0.4, 0.5) is 14.6 Å². The number of hydrogen-bond acceptors (Lipinski definition) is 8. The molecule has 0 aromatic heterocycles. The number of ether oxygens (including phenoxy) is 1. The van der Waals surface area contributed by atoms with Gasteiger partial charge in [-0.25, -0.2) is 10.4 Å². The zero-order valence-electron chi connectivity index (χ0n) is 12.1. The summed E-state index contributed by atoms with van der Waals surface area (Å²) in [5, 5.41) is -0.450. The zero-order chi connectivity index (χ0) is 19.0. The molecule has 0 amide bonds. The maximum absolute atomic E-state index is 13.1. The third kappa shape index (κ3) is 4.40. The molecule has 2 rings (SSSR count). The molecule has 0 fully saturated rings. The number of hydrazine groups is 2. The summed E-state index contributed by atoms with van der Waals surface area (Å²) in [7, 11) is -8.82. The van der Waals surface area contributed by atoms with Gasteiger partial charge >= 0.3 is 0 Å². The van der Waals surface area contributed by atoms with Crippen molar-refractivity contribution in [3.05, 3.63) is 24.2 Å². The summed E-state index contributed by atoms with van der Waals surface area (Å²) in [4.78, 5) is 1.73. The molecule has 1 aromatic rings. The standard InChI is InChI=1S/C10H10F2N4O7S2/c1-23-6-3-7(24(17,18)19)5(2-8(6)25(20,21)22)13-10-4-9(11)14-16(12)15-10/h2-4,14H,1H3,(H,13,15)(H,17,18,19)(H,20,21,22). The molecule has 0 saturated heterocycles. The molecule has 0 saturated carbocycles. The molecule has 1 aliphatic heterocycles. The van der Waals surface area contributed by atoms with E-state index in [9.17, 15) is 34.8 Å². The van der Waals surface area contributed by atoms with E-state index in [0.717, 1.165) is 7.11 Å². The molecule has 4 N–H and O–H groups in total. The third-order valence-electron chi connectivity index (χ3n) is 2.72. The third-order valence-corrected chi connectivity index (χ3v) is 4.48. The van der Waals surface area contributed by atoms with E-state index in [-0.39, 0.29) is 0 Å². The summed E-state index contributed by atoms with van der Waals surface area (Å²) >= 11 is 0. The molecule has 15 heteroatoms. The fourth-order valence-electron chi connectivity index (χ4n) is 1.78. The second-order valence-electron chi connectivity index (χ2n) is 4.41. The van der Waals surface area contributed by atoms with Crippen LogP contribution in [-0.4, -0.2) is 44.2 Å². The van der Waals surface area contributed by atoms with Crippen molar-refractivity contribution < 1.29 is 39.5 Å². The largest absolute Gasteiger partial charge is 0.495 e. The summed E-state index contributed by atoms with van der Waals surface area (Å²) in [6.07, 6.45) is 0.612. The van der Waals surface area contributed by atoms with E-state index >= 15 is 0 Å². The number of benzene rings is 1. The number of amidine groups is 1. The average Bonchev–Trinajstić information content (AvgIpc) is 2.43. The fraction of sp³-hybridized carbons (Fsp3) is 0.100. The van der Waals surface area contributed by atoms with Crippen LogP contribution in [0.15, 0.2) is 38.9 Å². The van der Waals surface area contributed by atoms with Crippen LogP contribution < -0.4 is 15.6 Å². The number of nitrogens with zero attached hydrogens (tertiary/aromatic N) is 2. The highest BCUT2D eigenvalue weighted by molar-refractivity contribution is 7.86. The summed E-state index contributed by atoms with van der Waals surface area (Å²) in [5.74, 6) is -2.40. The van der Waals surface area contributed by atoms with Crippen LogP contribution in [0.3, 0.4) is 0 Å². The van der Waals surface area contributed by atoms with Crippen LogP contribution in [0.1, 0.15) is 0 Å². The highest BCUT2D eigenvalue weighted by atomic mass is 32.2.